The third-order valence-corrected chi connectivity index (χ3v) is 2.23. The largest absolute Gasteiger partial charge is 0.486 e. The minimum atomic E-state index is 0.349. The van der Waals surface area contributed by atoms with Crippen LogP contribution in [-0.4, -0.2) is 17.5 Å². The molecule has 12 heavy (non-hydrogen) atoms. The van der Waals surface area contributed by atoms with Crippen molar-refractivity contribution >= 4 is 21.6 Å². The molecule has 0 bridgehead atoms. The second kappa shape index (κ2) is 2.79. The van der Waals surface area contributed by atoms with E-state index < -0.39 is 0 Å². The molecular weight excluding hydrogens is 222 g/mol. The molecule has 4 heteroatoms. The number of rotatable bonds is 0. The fraction of sp³-hybridized carbons (Fsp3) is 0.125. The summed E-state index contributed by atoms with van der Waals surface area (Å²) in [6.45, 7) is 0.349. The summed E-state index contributed by atoms with van der Waals surface area (Å²) in [6, 6.07) is 5.61. The first-order valence-corrected chi connectivity index (χ1v) is 4.24. The van der Waals surface area contributed by atoms with Gasteiger partial charge in [-0.1, -0.05) is 21.1 Å². The number of benzene rings is 1. The molecule has 1 aliphatic rings. The summed E-state index contributed by atoms with van der Waals surface area (Å²) in [5.74, 6) is 0.769. The summed E-state index contributed by atoms with van der Waals surface area (Å²) in [6.07, 6.45) is 0. The maximum Gasteiger partial charge on any atom is 0.134 e. The number of nitrogens with zero attached hydrogens (tertiary/aromatic N) is 1. The van der Waals surface area contributed by atoms with Gasteiger partial charge in [-0.15, -0.1) is 0 Å². The van der Waals surface area contributed by atoms with Crippen LogP contribution in [0.5, 0.6) is 5.75 Å². The Balaban J connectivity index is 2.57. The second-order valence-corrected chi connectivity index (χ2v) is 3.39. The van der Waals surface area contributed by atoms with Gasteiger partial charge in [-0.05, 0) is 18.2 Å². The molecule has 0 amide bonds. The topological polar surface area (TPSA) is 41.8 Å². The first-order chi connectivity index (χ1) is 5.81. The zero-order valence-electron chi connectivity index (χ0n) is 6.12. The summed E-state index contributed by atoms with van der Waals surface area (Å²) in [4.78, 5) is 0. The Hall–Kier alpha value is -1.03. The Morgan fingerprint density at radius 1 is 1.50 bits per heavy atom. The molecule has 1 aliphatic heterocycles. The molecule has 0 unspecified atom stereocenters. The van der Waals surface area contributed by atoms with Crippen molar-refractivity contribution in [3.8, 4) is 5.75 Å². The normalized spacial score (nSPS) is 17.6. The molecule has 0 radical (unpaired) electrons. The number of ether oxygens (including phenoxy) is 1. The van der Waals surface area contributed by atoms with Crippen LogP contribution in [0.15, 0.2) is 27.8 Å². The Kier molecular flexibility index (Phi) is 1.77. The third kappa shape index (κ3) is 1.08. The number of oxime groups is 1. The molecule has 0 saturated carbocycles. The summed E-state index contributed by atoms with van der Waals surface area (Å²) >= 11 is 3.33. The van der Waals surface area contributed by atoms with Gasteiger partial charge < -0.3 is 9.94 Å². The third-order valence-electron chi connectivity index (χ3n) is 1.74. The lowest BCUT2D eigenvalue weighted by molar-refractivity contribution is 0.313. The van der Waals surface area contributed by atoms with Gasteiger partial charge in [0.2, 0.25) is 0 Å². The minimum Gasteiger partial charge on any atom is -0.486 e. The molecule has 0 spiro atoms. The Labute approximate surface area is 77.8 Å². The summed E-state index contributed by atoms with van der Waals surface area (Å²) < 4.78 is 6.20. The van der Waals surface area contributed by atoms with E-state index in [-0.39, 0.29) is 0 Å². The second-order valence-electron chi connectivity index (χ2n) is 2.48. The Morgan fingerprint density at radius 2 is 2.33 bits per heavy atom. The molecule has 1 aromatic carbocycles. The van der Waals surface area contributed by atoms with Crippen molar-refractivity contribution in [1.29, 1.82) is 0 Å². The van der Waals surface area contributed by atoms with Gasteiger partial charge in [0, 0.05) is 10.0 Å². The highest BCUT2D eigenvalue weighted by Crippen LogP contribution is 2.28. The van der Waals surface area contributed by atoms with Crippen LogP contribution in [0.4, 0.5) is 0 Å². The SMILES string of the molecule is O/N=C1\COc2ccc(Br)cc21. The van der Waals surface area contributed by atoms with E-state index in [0.717, 1.165) is 15.8 Å². The smallest absolute Gasteiger partial charge is 0.134 e. The summed E-state index contributed by atoms with van der Waals surface area (Å²) in [5.41, 5.74) is 1.43. The highest BCUT2D eigenvalue weighted by molar-refractivity contribution is 9.10. The first-order valence-electron chi connectivity index (χ1n) is 3.45. The van der Waals surface area contributed by atoms with Crippen LogP contribution >= 0.6 is 15.9 Å². The van der Waals surface area contributed by atoms with E-state index in [1.165, 1.54) is 0 Å². The number of fused-ring (bicyclic) bond motifs is 1. The highest BCUT2D eigenvalue weighted by Gasteiger charge is 2.19. The molecule has 0 atom stereocenters. The average molecular weight is 228 g/mol. The Bertz CT molecular complexity index is 349. The van der Waals surface area contributed by atoms with Gasteiger partial charge in [0.05, 0.1) is 0 Å². The van der Waals surface area contributed by atoms with Crippen molar-refractivity contribution in [2.75, 3.05) is 6.61 Å². The van der Waals surface area contributed by atoms with Gasteiger partial charge >= 0.3 is 0 Å². The van der Waals surface area contributed by atoms with E-state index in [0.29, 0.717) is 12.3 Å². The minimum absolute atomic E-state index is 0.349. The van der Waals surface area contributed by atoms with Crippen LogP contribution in [-0.2, 0) is 0 Å². The van der Waals surface area contributed by atoms with Crippen LogP contribution in [0.1, 0.15) is 5.56 Å². The maximum absolute atomic E-state index is 8.60. The van der Waals surface area contributed by atoms with E-state index in [2.05, 4.69) is 21.1 Å². The first kappa shape index (κ1) is 7.61. The van der Waals surface area contributed by atoms with E-state index in [1.54, 1.807) is 0 Å². The highest BCUT2D eigenvalue weighted by atomic mass is 79.9. The quantitative estimate of drug-likeness (QED) is 0.545. The van der Waals surface area contributed by atoms with Crippen LogP contribution in [0.25, 0.3) is 0 Å². The fourth-order valence-electron chi connectivity index (χ4n) is 1.16. The molecule has 0 saturated heterocycles. The predicted molar refractivity (Wildman–Crippen MR) is 48.0 cm³/mol. The van der Waals surface area contributed by atoms with Gasteiger partial charge in [0.1, 0.15) is 18.1 Å². The lowest BCUT2D eigenvalue weighted by atomic mass is 10.1. The van der Waals surface area contributed by atoms with Crippen LogP contribution in [0, 0.1) is 0 Å². The molecule has 1 N–H and O–H groups in total. The van der Waals surface area contributed by atoms with Gasteiger partial charge in [0.25, 0.3) is 0 Å². The van der Waals surface area contributed by atoms with Gasteiger partial charge in [0.15, 0.2) is 0 Å². The van der Waals surface area contributed by atoms with Crippen molar-refractivity contribution in [1.82, 2.24) is 0 Å². The van der Waals surface area contributed by atoms with E-state index >= 15 is 0 Å². The monoisotopic (exact) mass is 227 g/mol. The maximum atomic E-state index is 8.60. The molecule has 1 aromatic rings. The van der Waals surface area contributed by atoms with Crippen molar-refractivity contribution in [2.45, 2.75) is 0 Å². The number of hydrogen-bond acceptors (Lipinski definition) is 3. The molecule has 0 aliphatic carbocycles. The molecule has 1 heterocycles. The predicted octanol–water partition coefficient (Wildman–Crippen LogP) is 2.02. The standard InChI is InChI=1S/C8H6BrNO2/c9-5-1-2-8-6(3-5)7(10-11)4-12-8/h1-3,11H,4H2/b10-7+. The van der Waals surface area contributed by atoms with Crippen molar-refractivity contribution < 1.29 is 9.94 Å². The summed E-state index contributed by atoms with van der Waals surface area (Å²) in [7, 11) is 0. The van der Waals surface area contributed by atoms with Crippen LogP contribution < -0.4 is 4.74 Å². The van der Waals surface area contributed by atoms with Crippen LogP contribution in [0.3, 0.4) is 0 Å². The van der Waals surface area contributed by atoms with Crippen molar-refractivity contribution in [2.24, 2.45) is 5.16 Å². The zero-order valence-corrected chi connectivity index (χ0v) is 7.71. The van der Waals surface area contributed by atoms with Crippen molar-refractivity contribution in [3.05, 3.63) is 28.2 Å². The zero-order chi connectivity index (χ0) is 8.55. The van der Waals surface area contributed by atoms with Gasteiger partial charge in [-0.25, -0.2) is 0 Å². The molecule has 3 nitrogen and oxygen atoms in total. The van der Waals surface area contributed by atoms with Crippen LogP contribution in [0.2, 0.25) is 0 Å². The summed E-state index contributed by atoms with van der Waals surface area (Å²) in [5, 5.41) is 11.7. The van der Waals surface area contributed by atoms with Gasteiger partial charge in [-0.2, -0.15) is 0 Å². The van der Waals surface area contributed by atoms with E-state index in [9.17, 15) is 0 Å². The van der Waals surface area contributed by atoms with E-state index in [1.807, 2.05) is 18.2 Å². The molecular formula is C8H6BrNO2. The molecule has 0 aromatic heterocycles. The molecule has 2 rings (SSSR count). The van der Waals surface area contributed by atoms with Crippen molar-refractivity contribution in [3.63, 3.8) is 0 Å². The lowest BCUT2D eigenvalue weighted by Gasteiger charge is -1.96. The lowest BCUT2D eigenvalue weighted by Crippen LogP contribution is -2.01. The van der Waals surface area contributed by atoms with Gasteiger partial charge in [-0.3, -0.25) is 0 Å². The molecule has 0 fully saturated rings. The average Bonchev–Trinajstić information content (AvgIpc) is 2.46. The number of hydrogen-bond donors (Lipinski definition) is 1. The fourth-order valence-corrected chi connectivity index (χ4v) is 1.52. The molecule has 62 valence electrons. The Morgan fingerprint density at radius 3 is 3.08 bits per heavy atom. The van der Waals surface area contributed by atoms with E-state index in [4.69, 9.17) is 9.94 Å². The number of halogens is 1.